The molecule has 1 aromatic heterocycles. The van der Waals surface area contributed by atoms with Crippen LogP contribution in [0.15, 0.2) is 53.7 Å². The Morgan fingerprint density at radius 3 is 2.59 bits per heavy atom. The fourth-order valence-electron chi connectivity index (χ4n) is 3.29. The summed E-state index contributed by atoms with van der Waals surface area (Å²) in [5.74, 6) is 1.19. The van der Waals surface area contributed by atoms with E-state index in [2.05, 4.69) is 15.2 Å². The van der Waals surface area contributed by atoms with E-state index in [0.717, 1.165) is 28.1 Å². The molecule has 1 atom stereocenters. The highest BCUT2D eigenvalue weighted by Gasteiger charge is 2.35. The van der Waals surface area contributed by atoms with Crippen molar-refractivity contribution >= 4 is 23.4 Å². The van der Waals surface area contributed by atoms with Gasteiger partial charge in [0.2, 0.25) is 23.2 Å². The zero-order valence-corrected chi connectivity index (χ0v) is 17.4. The van der Waals surface area contributed by atoms with Gasteiger partial charge in [-0.25, -0.2) is 0 Å². The van der Waals surface area contributed by atoms with Crippen LogP contribution in [0.5, 0.6) is 5.88 Å². The van der Waals surface area contributed by atoms with E-state index in [4.69, 9.17) is 4.74 Å². The molecule has 0 fully saturated rings. The molecule has 29 heavy (non-hydrogen) atoms. The molecule has 1 amide bonds. The maximum atomic E-state index is 13.0. The molecule has 148 valence electrons. The predicted octanol–water partition coefficient (Wildman–Crippen LogP) is 4.79. The number of carbonyl (C=O) groups excluding carboxylic acids is 1. The van der Waals surface area contributed by atoms with Crippen molar-refractivity contribution in [2.75, 3.05) is 10.7 Å². The molecule has 2 aromatic carbocycles. The van der Waals surface area contributed by atoms with Gasteiger partial charge >= 0.3 is 0 Å². The summed E-state index contributed by atoms with van der Waals surface area (Å²) in [4.78, 5) is 19.3. The standard InChI is InChI=1S/C22H22N4O2S/c1-4-18(27)26-17-9-7-6-8-16(17)19-20(23-22(25-24-19)29-5-2)28-21(26)15-12-10-14(3)11-13-15/h6-13,21H,4-5H2,1-3H3/t21-/m1/s1. The summed E-state index contributed by atoms with van der Waals surface area (Å²) in [6.45, 7) is 5.92. The zero-order chi connectivity index (χ0) is 20.4. The quantitative estimate of drug-likeness (QED) is 0.580. The Labute approximate surface area is 174 Å². The van der Waals surface area contributed by atoms with Gasteiger partial charge in [-0.3, -0.25) is 9.69 Å². The molecule has 0 bridgehead atoms. The topological polar surface area (TPSA) is 68.2 Å². The summed E-state index contributed by atoms with van der Waals surface area (Å²) >= 11 is 1.50. The Morgan fingerprint density at radius 2 is 1.86 bits per heavy atom. The van der Waals surface area contributed by atoms with Crippen molar-refractivity contribution in [3.8, 4) is 17.1 Å². The van der Waals surface area contributed by atoms with E-state index >= 15 is 0 Å². The Morgan fingerprint density at radius 1 is 1.10 bits per heavy atom. The average molecular weight is 407 g/mol. The van der Waals surface area contributed by atoms with Gasteiger partial charge < -0.3 is 4.74 Å². The molecule has 0 aliphatic carbocycles. The fourth-order valence-corrected chi connectivity index (χ4v) is 3.80. The molecule has 0 spiro atoms. The number of rotatable bonds is 4. The van der Waals surface area contributed by atoms with Crippen LogP contribution >= 0.6 is 11.8 Å². The third kappa shape index (κ3) is 3.70. The second kappa shape index (κ2) is 8.21. The summed E-state index contributed by atoms with van der Waals surface area (Å²) in [5, 5.41) is 9.20. The molecule has 3 aromatic rings. The number of benzene rings is 2. The molecule has 7 heteroatoms. The SMILES string of the molecule is CCSc1nnc2c(n1)O[C@H](c1ccc(C)cc1)N(C(=O)CC)c1ccccc1-2. The first-order chi connectivity index (χ1) is 14.1. The fraction of sp³-hybridized carbons (Fsp3) is 0.273. The van der Waals surface area contributed by atoms with Crippen LogP contribution in [-0.4, -0.2) is 26.8 Å². The van der Waals surface area contributed by atoms with Crippen LogP contribution in [0.4, 0.5) is 5.69 Å². The van der Waals surface area contributed by atoms with Crippen LogP contribution in [0.25, 0.3) is 11.3 Å². The highest BCUT2D eigenvalue weighted by atomic mass is 32.2. The van der Waals surface area contributed by atoms with Crippen LogP contribution in [0.3, 0.4) is 0 Å². The summed E-state index contributed by atoms with van der Waals surface area (Å²) in [6, 6.07) is 15.7. The third-order valence-electron chi connectivity index (χ3n) is 4.72. The lowest BCUT2D eigenvalue weighted by Crippen LogP contribution is -2.37. The second-order valence-corrected chi connectivity index (χ2v) is 7.93. The van der Waals surface area contributed by atoms with Gasteiger partial charge in [-0.05, 0) is 18.7 Å². The number of para-hydroxylation sites is 1. The summed E-state index contributed by atoms with van der Waals surface area (Å²) in [7, 11) is 0. The molecule has 0 saturated carbocycles. The Bertz CT molecular complexity index is 1040. The number of aromatic nitrogens is 3. The van der Waals surface area contributed by atoms with Gasteiger partial charge in [0.15, 0.2) is 5.69 Å². The number of anilines is 1. The monoisotopic (exact) mass is 406 g/mol. The highest BCUT2D eigenvalue weighted by Crippen LogP contribution is 2.43. The molecule has 6 nitrogen and oxygen atoms in total. The van der Waals surface area contributed by atoms with E-state index in [1.807, 2.05) is 69.3 Å². The van der Waals surface area contributed by atoms with Gasteiger partial charge in [-0.2, -0.15) is 4.98 Å². The number of aryl methyl sites for hydroxylation is 1. The molecule has 0 unspecified atom stereocenters. The third-order valence-corrected chi connectivity index (χ3v) is 5.44. The summed E-state index contributed by atoms with van der Waals surface area (Å²) in [6.07, 6.45) is -0.284. The van der Waals surface area contributed by atoms with Crippen LogP contribution < -0.4 is 9.64 Å². The van der Waals surface area contributed by atoms with Crippen molar-refractivity contribution in [1.29, 1.82) is 0 Å². The molecule has 0 saturated heterocycles. The first-order valence-electron chi connectivity index (χ1n) is 9.64. The van der Waals surface area contributed by atoms with Gasteiger partial charge in [-0.1, -0.05) is 73.6 Å². The highest BCUT2D eigenvalue weighted by molar-refractivity contribution is 7.99. The number of amides is 1. The molecule has 1 aliphatic rings. The second-order valence-electron chi connectivity index (χ2n) is 6.70. The first kappa shape index (κ1) is 19.4. The summed E-state index contributed by atoms with van der Waals surface area (Å²) < 4.78 is 6.37. The lowest BCUT2D eigenvalue weighted by molar-refractivity contribution is -0.120. The molecule has 0 radical (unpaired) electrons. The van der Waals surface area contributed by atoms with Crippen LogP contribution in [0.1, 0.15) is 37.6 Å². The molecular formula is C22H22N4O2S. The number of carbonyl (C=O) groups is 1. The van der Waals surface area contributed by atoms with Crippen LogP contribution in [0, 0.1) is 6.92 Å². The number of hydrogen-bond donors (Lipinski definition) is 0. The summed E-state index contributed by atoms with van der Waals surface area (Å²) in [5.41, 5.74) is 4.10. The smallest absolute Gasteiger partial charge is 0.247 e. The van der Waals surface area contributed by atoms with Crippen molar-refractivity contribution in [2.24, 2.45) is 0 Å². The molecule has 1 aliphatic heterocycles. The minimum Gasteiger partial charge on any atom is -0.447 e. The van der Waals surface area contributed by atoms with Crippen molar-refractivity contribution < 1.29 is 9.53 Å². The zero-order valence-electron chi connectivity index (χ0n) is 16.6. The normalized spacial score (nSPS) is 15.1. The van der Waals surface area contributed by atoms with E-state index in [1.54, 1.807) is 4.90 Å². The molecule has 2 heterocycles. The lowest BCUT2D eigenvalue weighted by atomic mass is 10.1. The van der Waals surface area contributed by atoms with Crippen LogP contribution in [0.2, 0.25) is 0 Å². The molecule has 0 N–H and O–H groups in total. The Balaban J connectivity index is 1.94. The van der Waals surface area contributed by atoms with Gasteiger partial charge in [0.1, 0.15) is 0 Å². The number of nitrogens with zero attached hydrogens (tertiary/aromatic N) is 4. The van der Waals surface area contributed by atoms with Crippen molar-refractivity contribution in [2.45, 2.75) is 38.6 Å². The maximum absolute atomic E-state index is 13.0. The van der Waals surface area contributed by atoms with Crippen molar-refractivity contribution in [3.05, 3.63) is 59.7 Å². The van der Waals surface area contributed by atoms with Gasteiger partial charge in [0.25, 0.3) is 0 Å². The number of ether oxygens (including phenoxy) is 1. The van der Waals surface area contributed by atoms with Crippen LogP contribution in [-0.2, 0) is 4.79 Å². The largest absolute Gasteiger partial charge is 0.447 e. The van der Waals surface area contributed by atoms with E-state index in [0.29, 0.717) is 23.2 Å². The van der Waals surface area contributed by atoms with E-state index in [9.17, 15) is 4.79 Å². The van der Waals surface area contributed by atoms with Crippen molar-refractivity contribution in [3.63, 3.8) is 0 Å². The maximum Gasteiger partial charge on any atom is 0.247 e. The number of hydrogen-bond acceptors (Lipinski definition) is 6. The van der Waals surface area contributed by atoms with E-state index < -0.39 is 6.23 Å². The van der Waals surface area contributed by atoms with E-state index in [-0.39, 0.29) is 5.91 Å². The van der Waals surface area contributed by atoms with Gasteiger partial charge in [0, 0.05) is 17.5 Å². The molecule has 4 rings (SSSR count). The minimum atomic E-state index is -0.637. The minimum absolute atomic E-state index is 0.0352. The lowest BCUT2D eigenvalue weighted by Gasteiger charge is -2.30. The predicted molar refractivity (Wildman–Crippen MR) is 114 cm³/mol. The van der Waals surface area contributed by atoms with Gasteiger partial charge in [-0.15, -0.1) is 10.2 Å². The first-order valence-corrected chi connectivity index (χ1v) is 10.6. The number of thioether (sulfide) groups is 1. The van der Waals surface area contributed by atoms with E-state index in [1.165, 1.54) is 11.8 Å². The molecular weight excluding hydrogens is 384 g/mol. The Kier molecular flexibility index (Phi) is 5.49. The average Bonchev–Trinajstić information content (AvgIpc) is 2.88. The number of fused-ring (bicyclic) bond motifs is 3. The van der Waals surface area contributed by atoms with Gasteiger partial charge in [0.05, 0.1) is 5.69 Å². The van der Waals surface area contributed by atoms with Crippen molar-refractivity contribution in [1.82, 2.24) is 15.2 Å². The Hall–Kier alpha value is -2.93.